The van der Waals surface area contributed by atoms with Crippen molar-refractivity contribution in [2.45, 2.75) is 0 Å². The average Bonchev–Trinajstić information content (AvgIpc) is 3.94. The Morgan fingerprint density at radius 1 is 0.221 bits per heavy atom. The standard InChI is InChI=1S/C64H42N4/c1-5-18-43(19-6-1)50-36-51(44-20-7-2-8-21-44)39-53(38-50)68-61-31-16-14-29-55(61)57-41-48(33-35-63(57)68)47-32-34-62-56(40-47)54-28-13-15-30-60(54)67(62)52-27-17-26-49(37-52)59-42-58(45-22-9-3-10-23-45)65-64(66-59)46-24-11-4-12-25-46/h1-42H. The van der Waals surface area contributed by atoms with Crippen LogP contribution >= 0.6 is 0 Å². The first kappa shape index (κ1) is 39.3. The summed E-state index contributed by atoms with van der Waals surface area (Å²) in [7, 11) is 0. The molecule has 0 radical (unpaired) electrons. The van der Waals surface area contributed by atoms with Gasteiger partial charge in [0.2, 0.25) is 0 Å². The predicted octanol–water partition coefficient (Wildman–Crippen LogP) is 16.7. The molecule has 0 atom stereocenters. The van der Waals surface area contributed by atoms with Gasteiger partial charge in [0.05, 0.1) is 33.5 Å². The maximum atomic E-state index is 5.16. The van der Waals surface area contributed by atoms with Crippen molar-refractivity contribution in [3.05, 3.63) is 255 Å². The summed E-state index contributed by atoms with van der Waals surface area (Å²) in [5.41, 5.74) is 18.8. The summed E-state index contributed by atoms with van der Waals surface area (Å²) in [5.74, 6) is 0.703. The average molecular weight is 867 g/mol. The summed E-state index contributed by atoms with van der Waals surface area (Å²) >= 11 is 0. The lowest BCUT2D eigenvalue weighted by atomic mass is 9.98. The van der Waals surface area contributed by atoms with Gasteiger partial charge in [0.15, 0.2) is 5.82 Å². The Balaban J connectivity index is 0.930. The minimum atomic E-state index is 0.703. The molecule has 0 saturated heterocycles. The van der Waals surface area contributed by atoms with Gasteiger partial charge < -0.3 is 9.13 Å². The van der Waals surface area contributed by atoms with Crippen molar-refractivity contribution in [2.24, 2.45) is 0 Å². The van der Waals surface area contributed by atoms with Crippen molar-refractivity contribution in [1.82, 2.24) is 19.1 Å². The zero-order valence-electron chi connectivity index (χ0n) is 37.0. The van der Waals surface area contributed by atoms with E-state index in [0.717, 1.165) is 50.5 Å². The zero-order chi connectivity index (χ0) is 45.0. The largest absolute Gasteiger partial charge is 0.309 e. The summed E-state index contributed by atoms with van der Waals surface area (Å²) < 4.78 is 4.82. The van der Waals surface area contributed by atoms with Gasteiger partial charge in [-0.2, -0.15) is 0 Å². The molecule has 0 aliphatic carbocycles. The van der Waals surface area contributed by atoms with Crippen LogP contribution in [-0.2, 0) is 0 Å². The summed E-state index contributed by atoms with van der Waals surface area (Å²) in [6.07, 6.45) is 0. The molecule has 0 spiro atoms. The van der Waals surface area contributed by atoms with Gasteiger partial charge in [-0.25, -0.2) is 9.97 Å². The number of benzene rings is 10. The monoisotopic (exact) mass is 866 g/mol. The topological polar surface area (TPSA) is 35.6 Å². The second kappa shape index (κ2) is 16.4. The highest BCUT2D eigenvalue weighted by Gasteiger charge is 2.19. The quantitative estimate of drug-likeness (QED) is 0.153. The van der Waals surface area contributed by atoms with Crippen LogP contribution in [0.5, 0.6) is 0 Å². The van der Waals surface area contributed by atoms with E-state index < -0.39 is 0 Å². The molecule has 4 heteroatoms. The molecule has 68 heavy (non-hydrogen) atoms. The lowest BCUT2D eigenvalue weighted by Gasteiger charge is -2.14. The van der Waals surface area contributed by atoms with Gasteiger partial charge >= 0.3 is 0 Å². The SMILES string of the molecule is c1ccc(-c2cc(-c3ccccc3)cc(-n3c4ccccc4c4cc(-c5ccc6c(c5)c5ccccc5n6-c5cccc(-c6cc(-c7ccccc7)nc(-c7ccccc7)n6)c5)ccc43)c2)cc1. The van der Waals surface area contributed by atoms with Gasteiger partial charge in [0.1, 0.15) is 0 Å². The van der Waals surface area contributed by atoms with Crippen molar-refractivity contribution in [1.29, 1.82) is 0 Å². The highest BCUT2D eigenvalue weighted by Crippen LogP contribution is 2.40. The van der Waals surface area contributed by atoms with Gasteiger partial charge in [-0.1, -0.05) is 182 Å². The van der Waals surface area contributed by atoms with Gasteiger partial charge in [-0.3, -0.25) is 0 Å². The summed E-state index contributed by atoms with van der Waals surface area (Å²) in [6.45, 7) is 0. The van der Waals surface area contributed by atoms with E-state index in [1.807, 2.05) is 24.3 Å². The third kappa shape index (κ3) is 6.86. The van der Waals surface area contributed by atoms with Crippen LogP contribution in [0.1, 0.15) is 0 Å². The molecule has 0 saturated carbocycles. The zero-order valence-corrected chi connectivity index (χ0v) is 37.0. The number of fused-ring (bicyclic) bond motifs is 6. The molecule has 13 aromatic rings. The first-order valence-electron chi connectivity index (χ1n) is 23.1. The number of hydrogen-bond acceptors (Lipinski definition) is 2. The fourth-order valence-corrected chi connectivity index (χ4v) is 10.1. The second-order valence-corrected chi connectivity index (χ2v) is 17.4. The molecule has 3 heterocycles. The molecule has 4 nitrogen and oxygen atoms in total. The highest BCUT2D eigenvalue weighted by atomic mass is 15.0. The number of nitrogens with zero attached hydrogens (tertiary/aromatic N) is 4. The van der Waals surface area contributed by atoms with Gasteiger partial charge in [0.25, 0.3) is 0 Å². The van der Waals surface area contributed by atoms with Crippen LogP contribution in [0.4, 0.5) is 0 Å². The smallest absolute Gasteiger partial charge is 0.160 e. The lowest BCUT2D eigenvalue weighted by Crippen LogP contribution is -1.97. The van der Waals surface area contributed by atoms with Crippen LogP contribution in [0.15, 0.2) is 255 Å². The maximum absolute atomic E-state index is 5.16. The van der Waals surface area contributed by atoms with Crippen LogP contribution in [0, 0.1) is 0 Å². The number of hydrogen-bond donors (Lipinski definition) is 0. The Morgan fingerprint density at radius 2 is 0.632 bits per heavy atom. The molecule has 13 rings (SSSR count). The summed E-state index contributed by atoms with van der Waals surface area (Å²) in [4.78, 5) is 10.2. The van der Waals surface area contributed by atoms with E-state index in [1.165, 1.54) is 66.0 Å². The van der Waals surface area contributed by atoms with Gasteiger partial charge in [-0.15, -0.1) is 0 Å². The van der Waals surface area contributed by atoms with E-state index >= 15 is 0 Å². The Kier molecular flexibility index (Phi) is 9.47. The van der Waals surface area contributed by atoms with Crippen LogP contribution in [0.2, 0.25) is 0 Å². The van der Waals surface area contributed by atoms with Crippen molar-refractivity contribution in [3.63, 3.8) is 0 Å². The Bertz CT molecular complexity index is 3890. The van der Waals surface area contributed by atoms with Crippen molar-refractivity contribution in [3.8, 4) is 78.7 Å². The number of aromatic nitrogens is 4. The third-order valence-corrected chi connectivity index (χ3v) is 13.3. The molecule has 0 amide bonds. The molecular weight excluding hydrogens is 825 g/mol. The number of para-hydroxylation sites is 2. The van der Waals surface area contributed by atoms with E-state index in [0.29, 0.717) is 5.82 Å². The first-order valence-corrected chi connectivity index (χ1v) is 23.1. The molecule has 3 aromatic heterocycles. The van der Waals surface area contributed by atoms with Crippen molar-refractivity contribution in [2.75, 3.05) is 0 Å². The van der Waals surface area contributed by atoms with Crippen molar-refractivity contribution >= 4 is 43.6 Å². The first-order chi connectivity index (χ1) is 33.7. The summed E-state index contributed by atoms with van der Waals surface area (Å²) in [5, 5.41) is 4.86. The maximum Gasteiger partial charge on any atom is 0.160 e. The highest BCUT2D eigenvalue weighted by molar-refractivity contribution is 6.13. The predicted molar refractivity (Wildman–Crippen MR) is 283 cm³/mol. The van der Waals surface area contributed by atoms with Crippen LogP contribution in [0.25, 0.3) is 122 Å². The van der Waals surface area contributed by atoms with Crippen LogP contribution in [0.3, 0.4) is 0 Å². The normalized spacial score (nSPS) is 11.5. The van der Waals surface area contributed by atoms with Crippen LogP contribution in [-0.4, -0.2) is 19.1 Å². The Morgan fingerprint density at radius 3 is 1.18 bits per heavy atom. The number of rotatable bonds is 8. The summed E-state index contributed by atoms with van der Waals surface area (Å²) in [6, 6.07) is 91.3. The van der Waals surface area contributed by atoms with Crippen LogP contribution < -0.4 is 0 Å². The third-order valence-electron chi connectivity index (χ3n) is 13.3. The molecule has 318 valence electrons. The molecule has 0 aliphatic rings. The molecule has 10 aromatic carbocycles. The minimum Gasteiger partial charge on any atom is -0.309 e. The fourth-order valence-electron chi connectivity index (χ4n) is 10.1. The lowest BCUT2D eigenvalue weighted by molar-refractivity contribution is 1.16. The molecular formula is C64H42N4. The minimum absolute atomic E-state index is 0.703. The molecule has 0 aliphatic heterocycles. The molecule has 0 unspecified atom stereocenters. The van der Waals surface area contributed by atoms with Crippen molar-refractivity contribution < 1.29 is 0 Å². The van der Waals surface area contributed by atoms with Gasteiger partial charge in [0, 0.05) is 49.6 Å². The molecule has 0 N–H and O–H groups in total. The second-order valence-electron chi connectivity index (χ2n) is 17.4. The Hall–Kier alpha value is -9.12. The Labute approximate surface area is 394 Å². The van der Waals surface area contributed by atoms with E-state index in [1.54, 1.807) is 0 Å². The van der Waals surface area contributed by atoms with E-state index in [-0.39, 0.29) is 0 Å². The van der Waals surface area contributed by atoms with E-state index in [9.17, 15) is 0 Å². The van der Waals surface area contributed by atoms with E-state index in [4.69, 9.17) is 9.97 Å². The van der Waals surface area contributed by atoms with E-state index in [2.05, 4.69) is 240 Å². The fraction of sp³-hybridized carbons (Fsp3) is 0. The van der Waals surface area contributed by atoms with Gasteiger partial charge in [-0.05, 0) is 106 Å². The molecule has 0 bridgehead atoms. The molecule has 0 fully saturated rings.